The summed E-state index contributed by atoms with van der Waals surface area (Å²) in [6.07, 6.45) is 7.94. The summed E-state index contributed by atoms with van der Waals surface area (Å²) in [5.74, 6) is 0. The third-order valence-corrected chi connectivity index (χ3v) is 1.82. The summed E-state index contributed by atoms with van der Waals surface area (Å²) in [5, 5.41) is 0. The van der Waals surface area contributed by atoms with Crippen LogP contribution in [0.5, 0.6) is 0 Å². The van der Waals surface area contributed by atoms with Crippen LogP contribution >= 0.6 is 0 Å². The van der Waals surface area contributed by atoms with Gasteiger partial charge in [0.25, 0.3) is 0 Å². The van der Waals surface area contributed by atoms with E-state index in [1.54, 1.807) is 27.6 Å². The molecule has 0 aromatic rings. The van der Waals surface area contributed by atoms with Crippen LogP contribution in [0.3, 0.4) is 0 Å². The van der Waals surface area contributed by atoms with Gasteiger partial charge < -0.3 is 14.2 Å². The lowest BCUT2D eigenvalue weighted by Crippen LogP contribution is -2.12. The average Bonchev–Trinajstić information content (AvgIpc) is 2.17. The molecule has 0 saturated carbocycles. The predicted molar refractivity (Wildman–Crippen MR) is 52.4 cm³/mol. The minimum absolute atomic E-state index is 0.0496. The maximum absolute atomic E-state index is 5.06. The Morgan fingerprint density at radius 2 is 1.77 bits per heavy atom. The highest BCUT2D eigenvalue weighted by Gasteiger charge is 2.02. The van der Waals surface area contributed by atoms with Gasteiger partial charge in [0.2, 0.25) is 0 Å². The third kappa shape index (κ3) is 7.81. The quantitative estimate of drug-likeness (QED) is 0.332. The van der Waals surface area contributed by atoms with E-state index < -0.39 is 0 Å². The molecule has 0 aliphatic rings. The van der Waals surface area contributed by atoms with Gasteiger partial charge >= 0.3 is 0 Å². The van der Waals surface area contributed by atoms with E-state index in [4.69, 9.17) is 14.2 Å². The molecular formula is C10H20O3. The molecule has 78 valence electrons. The minimum Gasteiger partial charge on any atom is -0.505 e. The first kappa shape index (κ1) is 12.5. The summed E-state index contributed by atoms with van der Waals surface area (Å²) in [4.78, 5) is 0. The van der Waals surface area contributed by atoms with E-state index in [1.807, 2.05) is 6.08 Å². The van der Waals surface area contributed by atoms with Gasteiger partial charge in [0, 0.05) is 14.2 Å². The molecule has 0 saturated heterocycles. The summed E-state index contributed by atoms with van der Waals surface area (Å²) in [6.45, 7) is 0. The molecule has 0 aliphatic heterocycles. The number of rotatable bonds is 8. The molecule has 0 aromatic carbocycles. The highest BCUT2D eigenvalue weighted by atomic mass is 16.7. The summed E-state index contributed by atoms with van der Waals surface area (Å²) < 4.78 is 14.9. The Morgan fingerprint density at radius 1 is 1.08 bits per heavy atom. The first-order valence-corrected chi connectivity index (χ1v) is 4.58. The van der Waals surface area contributed by atoms with Gasteiger partial charge in [-0.3, -0.25) is 0 Å². The van der Waals surface area contributed by atoms with Crippen molar-refractivity contribution in [2.75, 3.05) is 21.3 Å². The van der Waals surface area contributed by atoms with Crippen molar-refractivity contribution in [3.8, 4) is 0 Å². The fraction of sp³-hybridized carbons (Fsp3) is 0.800. The number of allylic oxidation sites excluding steroid dienone is 1. The van der Waals surface area contributed by atoms with Gasteiger partial charge in [0.05, 0.1) is 13.4 Å². The molecule has 0 atom stereocenters. The molecule has 0 spiro atoms. The highest BCUT2D eigenvalue weighted by Crippen LogP contribution is 2.06. The molecule has 13 heavy (non-hydrogen) atoms. The van der Waals surface area contributed by atoms with E-state index in [0.717, 1.165) is 25.7 Å². The van der Waals surface area contributed by atoms with Crippen LogP contribution in [0.2, 0.25) is 0 Å². The number of unbranched alkanes of at least 4 members (excludes halogenated alkanes) is 2. The number of hydrogen-bond acceptors (Lipinski definition) is 3. The third-order valence-electron chi connectivity index (χ3n) is 1.82. The van der Waals surface area contributed by atoms with Gasteiger partial charge in [-0.2, -0.15) is 0 Å². The maximum Gasteiger partial charge on any atom is 0.156 e. The Morgan fingerprint density at radius 3 is 2.31 bits per heavy atom. The van der Waals surface area contributed by atoms with Gasteiger partial charge in [-0.05, 0) is 31.8 Å². The van der Waals surface area contributed by atoms with Crippen LogP contribution in [0.1, 0.15) is 25.7 Å². The Bertz CT molecular complexity index is 119. The molecule has 0 heterocycles. The Hall–Kier alpha value is -0.540. The zero-order valence-corrected chi connectivity index (χ0v) is 8.79. The largest absolute Gasteiger partial charge is 0.505 e. The van der Waals surface area contributed by atoms with E-state index >= 15 is 0 Å². The fourth-order valence-electron chi connectivity index (χ4n) is 1.07. The van der Waals surface area contributed by atoms with Crippen LogP contribution in [0, 0.1) is 0 Å². The summed E-state index contributed by atoms with van der Waals surface area (Å²) in [5.41, 5.74) is 0. The molecular weight excluding hydrogens is 168 g/mol. The van der Waals surface area contributed by atoms with Gasteiger partial charge in [-0.15, -0.1) is 0 Å². The monoisotopic (exact) mass is 188 g/mol. The van der Waals surface area contributed by atoms with Crippen molar-refractivity contribution < 1.29 is 14.2 Å². The number of methoxy groups -OCH3 is 3. The van der Waals surface area contributed by atoms with Gasteiger partial charge in [0.1, 0.15) is 0 Å². The lowest BCUT2D eigenvalue weighted by Gasteiger charge is -2.11. The molecule has 0 radical (unpaired) electrons. The van der Waals surface area contributed by atoms with Crippen molar-refractivity contribution in [1.82, 2.24) is 0 Å². The normalized spacial score (nSPS) is 11.4. The molecule has 3 nitrogen and oxygen atoms in total. The van der Waals surface area contributed by atoms with Crippen LogP contribution in [-0.4, -0.2) is 27.6 Å². The lowest BCUT2D eigenvalue weighted by molar-refractivity contribution is -0.107. The fourth-order valence-corrected chi connectivity index (χ4v) is 1.07. The van der Waals surface area contributed by atoms with Gasteiger partial charge in [-0.1, -0.05) is 0 Å². The van der Waals surface area contributed by atoms with Gasteiger partial charge in [-0.25, -0.2) is 0 Å². The lowest BCUT2D eigenvalue weighted by atomic mass is 10.2. The molecule has 0 aliphatic carbocycles. The molecule has 0 amide bonds. The van der Waals surface area contributed by atoms with Crippen LogP contribution in [0.15, 0.2) is 12.3 Å². The molecule has 3 heteroatoms. The zero-order valence-electron chi connectivity index (χ0n) is 8.79. The molecule has 0 bridgehead atoms. The standard InChI is InChI=1S/C10H20O3/c1-11-9-7-5-4-6-8-10(12-2)13-3/h7,9-10H,4-6,8H2,1-3H3. The second kappa shape index (κ2) is 9.55. The predicted octanol–water partition coefficient (Wildman–Crippen LogP) is 2.33. The first-order chi connectivity index (χ1) is 6.35. The number of ether oxygens (including phenoxy) is 3. The molecule has 0 fully saturated rings. The van der Waals surface area contributed by atoms with E-state index in [0.29, 0.717) is 0 Å². The molecule has 0 N–H and O–H groups in total. The van der Waals surface area contributed by atoms with Crippen LogP contribution < -0.4 is 0 Å². The Labute approximate surface area is 80.7 Å². The van der Waals surface area contributed by atoms with E-state index in [-0.39, 0.29) is 6.29 Å². The van der Waals surface area contributed by atoms with E-state index in [2.05, 4.69) is 0 Å². The van der Waals surface area contributed by atoms with Gasteiger partial charge in [0.15, 0.2) is 6.29 Å². The second-order valence-corrected chi connectivity index (χ2v) is 2.79. The van der Waals surface area contributed by atoms with E-state index in [1.165, 1.54) is 0 Å². The minimum atomic E-state index is -0.0496. The van der Waals surface area contributed by atoms with Crippen molar-refractivity contribution in [3.05, 3.63) is 12.3 Å². The average molecular weight is 188 g/mol. The smallest absolute Gasteiger partial charge is 0.156 e. The summed E-state index contributed by atoms with van der Waals surface area (Å²) in [7, 11) is 4.99. The summed E-state index contributed by atoms with van der Waals surface area (Å²) in [6, 6.07) is 0. The topological polar surface area (TPSA) is 27.7 Å². The molecule has 0 rings (SSSR count). The molecule has 0 unspecified atom stereocenters. The SMILES string of the molecule is COC=CCCCCC(OC)OC. The van der Waals surface area contributed by atoms with Crippen molar-refractivity contribution in [3.63, 3.8) is 0 Å². The number of hydrogen-bond donors (Lipinski definition) is 0. The van der Waals surface area contributed by atoms with Crippen LogP contribution in [-0.2, 0) is 14.2 Å². The second-order valence-electron chi connectivity index (χ2n) is 2.79. The van der Waals surface area contributed by atoms with Crippen LogP contribution in [0.25, 0.3) is 0 Å². The Balaban J connectivity index is 3.19. The van der Waals surface area contributed by atoms with Crippen molar-refractivity contribution in [1.29, 1.82) is 0 Å². The van der Waals surface area contributed by atoms with Crippen molar-refractivity contribution in [2.24, 2.45) is 0 Å². The van der Waals surface area contributed by atoms with Crippen molar-refractivity contribution >= 4 is 0 Å². The first-order valence-electron chi connectivity index (χ1n) is 4.58. The summed E-state index contributed by atoms with van der Waals surface area (Å²) >= 11 is 0. The van der Waals surface area contributed by atoms with Crippen LogP contribution in [0.4, 0.5) is 0 Å². The van der Waals surface area contributed by atoms with Crippen molar-refractivity contribution in [2.45, 2.75) is 32.0 Å². The zero-order chi connectivity index (χ0) is 9.94. The van der Waals surface area contributed by atoms with E-state index in [9.17, 15) is 0 Å². The molecule has 0 aromatic heterocycles. The Kier molecular flexibility index (Phi) is 9.15. The maximum atomic E-state index is 5.06. The highest BCUT2D eigenvalue weighted by molar-refractivity contribution is 4.72.